The summed E-state index contributed by atoms with van der Waals surface area (Å²) in [7, 11) is 4.63. The molecule has 0 aromatic heterocycles. The topological polar surface area (TPSA) is 44.8 Å². The van der Waals surface area contributed by atoms with Crippen molar-refractivity contribution in [1.29, 1.82) is 0 Å². The molecule has 0 amide bonds. The summed E-state index contributed by atoms with van der Waals surface area (Å²) >= 11 is 0. The average molecular weight is 252 g/mol. The van der Waals surface area contributed by atoms with Gasteiger partial charge in [-0.15, -0.1) is 0 Å². The van der Waals surface area contributed by atoms with Gasteiger partial charge in [-0.2, -0.15) is 0 Å². The Bertz CT molecular complexity index is 387. The Balaban J connectivity index is 3.18. The smallest absolute Gasteiger partial charge is 0.170 e. The minimum atomic E-state index is 0.0354. The predicted molar refractivity (Wildman–Crippen MR) is 70.0 cm³/mol. The van der Waals surface area contributed by atoms with E-state index in [1.807, 2.05) is 0 Å². The third-order valence-corrected chi connectivity index (χ3v) is 2.75. The molecule has 0 atom stereocenters. The highest BCUT2D eigenvalue weighted by atomic mass is 16.5. The normalized spacial score (nSPS) is 10.0. The summed E-state index contributed by atoms with van der Waals surface area (Å²) in [5, 5.41) is 0. The minimum absolute atomic E-state index is 0.0354. The number of carbonyl (C=O) groups is 1. The van der Waals surface area contributed by atoms with E-state index in [1.165, 1.54) is 14.2 Å². The number of rotatable bonds is 7. The molecule has 0 bridgehead atoms. The third kappa shape index (κ3) is 3.15. The number of Topliss-reactive ketones (excluding diaryl/α,β-unsaturated/α-hetero) is 1. The lowest BCUT2D eigenvalue weighted by Gasteiger charge is -2.14. The molecular weight excluding hydrogens is 232 g/mol. The highest BCUT2D eigenvalue weighted by Crippen LogP contribution is 2.35. The van der Waals surface area contributed by atoms with Crippen molar-refractivity contribution < 1.29 is 19.0 Å². The highest BCUT2D eigenvalue weighted by molar-refractivity contribution is 6.01. The summed E-state index contributed by atoms with van der Waals surface area (Å²) in [5.41, 5.74) is 0.495. The molecule has 0 radical (unpaired) electrons. The van der Waals surface area contributed by atoms with Gasteiger partial charge in [-0.1, -0.05) is 13.3 Å². The number of unbranched alkanes of at least 4 members (excludes halogenated alkanes) is 1. The molecule has 1 aromatic rings. The Labute approximate surface area is 108 Å². The van der Waals surface area contributed by atoms with Crippen molar-refractivity contribution in [3.63, 3.8) is 0 Å². The van der Waals surface area contributed by atoms with Crippen LogP contribution >= 0.6 is 0 Å². The summed E-state index contributed by atoms with van der Waals surface area (Å²) in [5.74, 6) is 1.63. The van der Waals surface area contributed by atoms with Crippen LogP contribution in [-0.2, 0) is 0 Å². The summed E-state index contributed by atoms with van der Waals surface area (Å²) in [4.78, 5) is 12.2. The molecule has 1 rings (SSSR count). The Morgan fingerprint density at radius 3 is 2.00 bits per heavy atom. The van der Waals surface area contributed by atoms with Crippen molar-refractivity contribution in [2.45, 2.75) is 26.2 Å². The number of hydrogen-bond donors (Lipinski definition) is 0. The zero-order valence-corrected chi connectivity index (χ0v) is 11.4. The second-order valence-corrected chi connectivity index (χ2v) is 3.93. The maximum Gasteiger partial charge on any atom is 0.170 e. The van der Waals surface area contributed by atoms with Crippen LogP contribution in [0.4, 0.5) is 0 Å². The van der Waals surface area contributed by atoms with Crippen LogP contribution in [0.3, 0.4) is 0 Å². The van der Waals surface area contributed by atoms with E-state index in [0.717, 1.165) is 12.8 Å². The molecule has 0 unspecified atom stereocenters. The first-order valence-electron chi connectivity index (χ1n) is 6.01. The summed E-state index contributed by atoms with van der Waals surface area (Å²) < 4.78 is 15.6. The predicted octanol–water partition coefficient (Wildman–Crippen LogP) is 3.09. The molecule has 4 heteroatoms. The van der Waals surface area contributed by atoms with Crippen molar-refractivity contribution in [2.24, 2.45) is 0 Å². The minimum Gasteiger partial charge on any atom is -0.496 e. The maximum absolute atomic E-state index is 12.2. The van der Waals surface area contributed by atoms with Gasteiger partial charge in [0, 0.05) is 18.6 Å². The van der Waals surface area contributed by atoms with Crippen LogP contribution in [0.1, 0.15) is 36.5 Å². The van der Waals surface area contributed by atoms with Gasteiger partial charge in [0.2, 0.25) is 0 Å². The van der Waals surface area contributed by atoms with Gasteiger partial charge in [0.25, 0.3) is 0 Å². The van der Waals surface area contributed by atoms with Crippen molar-refractivity contribution in [1.82, 2.24) is 0 Å². The highest BCUT2D eigenvalue weighted by Gasteiger charge is 2.19. The largest absolute Gasteiger partial charge is 0.496 e. The molecule has 0 aliphatic carbocycles. The molecule has 0 heterocycles. The monoisotopic (exact) mass is 252 g/mol. The van der Waals surface area contributed by atoms with Gasteiger partial charge in [-0.25, -0.2) is 0 Å². The fraction of sp³-hybridized carbons (Fsp3) is 0.500. The molecule has 0 N–H and O–H groups in total. The lowest BCUT2D eigenvalue weighted by molar-refractivity contribution is 0.0973. The van der Waals surface area contributed by atoms with E-state index in [1.54, 1.807) is 19.2 Å². The molecule has 100 valence electrons. The number of hydrogen-bond acceptors (Lipinski definition) is 4. The molecule has 0 aliphatic heterocycles. The van der Waals surface area contributed by atoms with Crippen molar-refractivity contribution >= 4 is 5.78 Å². The van der Waals surface area contributed by atoms with E-state index in [2.05, 4.69) is 6.92 Å². The zero-order valence-electron chi connectivity index (χ0n) is 11.4. The zero-order chi connectivity index (χ0) is 13.5. The molecule has 0 fully saturated rings. The van der Waals surface area contributed by atoms with E-state index in [0.29, 0.717) is 29.2 Å². The number of methoxy groups -OCH3 is 3. The van der Waals surface area contributed by atoms with Crippen molar-refractivity contribution in [2.75, 3.05) is 21.3 Å². The van der Waals surface area contributed by atoms with Gasteiger partial charge in [-0.3, -0.25) is 4.79 Å². The number of benzene rings is 1. The van der Waals surface area contributed by atoms with E-state index in [9.17, 15) is 4.79 Å². The van der Waals surface area contributed by atoms with Crippen LogP contribution in [0.2, 0.25) is 0 Å². The summed E-state index contributed by atoms with van der Waals surface area (Å²) in [6.45, 7) is 2.05. The quantitative estimate of drug-likeness (QED) is 0.699. The van der Waals surface area contributed by atoms with E-state index >= 15 is 0 Å². The third-order valence-electron chi connectivity index (χ3n) is 2.75. The molecule has 0 spiro atoms. The molecular formula is C14H20O4. The first kappa shape index (κ1) is 14.4. The van der Waals surface area contributed by atoms with Crippen LogP contribution in [0.5, 0.6) is 17.2 Å². The standard InChI is InChI=1S/C14H20O4/c1-5-6-7-11(15)14-12(17-3)8-10(16-2)9-13(14)18-4/h8-9H,5-7H2,1-4H3. The van der Waals surface area contributed by atoms with Crippen LogP contribution in [-0.4, -0.2) is 27.1 Å². The lowest BCUT2D eigenvalue weighted by atomic mass is 10.0. The van der Waals surface area contributed by atoms with Gasteiger partial charge >= 0.3 is 0 Å². The molecule has 4 nitrogen and oxygen atoms in total. The molecule has 0 saturated carbocycles. The molecule has 1 aromatic carbocycles. The Hall–Kier alpha value is -1.71. The van der Waals surface area contributed by atoms with Crippen LogP contribution in [0.15, 0.2) is 12.1 Å². The van der Waals surface area contributed by atoms with Crippen LogP contribution in [0.25, 0.3) is 0 Å². The van der Waals surface area contributed by atoms with E-state index in [-0.39, 0.29) is 5.78 Å². The fourth-order valence-corrected chi connectivity index (χ4v) is 1.74. The van der Waals surface area contributed by atoms with Gasteiger partial charge in [0.15, 0.2) is 5.78 Å². The first-order chi connectivity index (χ1) is 8.67. The Kier molecular flexibility index (Phi) is 5.49. The number of ketones is 1. The van der Waals surface area contributed by atoms with Gasteiger partial charge in [0.1, 0.15) is 22.8 Å². The van der Waals surface area contributed by atoms with E-state index in [4.69, 9.17) is 14.2 Å². The SMILES string of the molecule is CCCCC(=O)c1c(OC)cc(OC)cc1OC. The first-order valence-corrected chi connectivity index (χ1v) is 6.01. The average Bonchev–Trinajstić information content (AvgIpc) is 2.42. The Morgan fingerprint density at radius 1 is 1.06 bits per heavy atom. The van der Waals surface area contributed by atoms with Gasteiger partial charge in [-0.05, 0) is 6.42 Å². The molecule has 0 aliphatic rings. The Morgan fingerprint density at radius 2 is 1.61 bits per heavy atom. The summed E-state index contributed by atoms with van der Waals surface area (Å²) in [6.07, 6.45) is 2.33. The lowest BCUT2D eigenvalue weighted by Crippen LogP contribution is -2.05. The number of ether oxygens (including phenoxy) is 3. The van der Waals surface area contributed by atoms with Crippen LogP contribution < -0.4 is 14.2 Å². The second kappa shape index (κ2) is 6.89. The molecule has 0 saturated heterocycles. The van der Waals surface area contributed by atoms with Gasteiger partial charge in [0.05, 0.1) is 21.3 Å². The number of carbonyl (C=O) groups excluding carboxylic acids is 1. The maximum atomic E-state index is 12.2. The van der Waals surface area contributed by atoms with E-state index < -0.39 is 0 Å². The molecule has 18 heavy (non-hydrogen) atoms. The van der Waals surface area contributed by atoms with Crippen molar-refractivity contribution in [3.05, 3.63) is 17.7 Å². The van der Waals surface area contributed by atoms with Crippen molar-refractivity contribution in [3.8, 4) is 17.2 Å². The second-order valence-electron chi connectivity index (χ2n) is 3.93. The van der Waals surface area contributed by atoms with Gasteiger partial charge < -0.3 is 14.2 Å². The van der Waals surface area contributed by atoms with Crippen LogP contribution in [0, 0.1) is 0 Å². The summed E-state index contributed by atoms with van der Waals surface area (Å²) in [6, 6.07) is 3.39. The fourth-order valence-electron chi connectivity index (χ4n) is 1.74.